The normalized spacial score (nSPS) is 35.7. The van der Waals surface area contributed by atoms with E-state index in [0.717, 1.165) is 16.0 Å². The first-order valence-electron chi connectivity index (χ1n) is 7.99. The predicted molar refractivity (Wildman–Crippen MR) is 88.1 cm³/mol. The van der Waals surface area contributed by atoms with Crippen LogP contribution in [0, 0.1) is 0 Å². The Kier molecular flexibility index (Phi) is 3.10. The van der Waals surface area contributed by atoms with Crippen molar-refractivity contribution in [3.8, 4) is 5.75 Å². The van der Waals surface area contributed by atoms with Gasteiger partial charge in [-0.15, -0.1) is 0 Å². The Morgan fingerprint density at radius 2 is 1.92 bits per heavy atom. The van der Waals surface area contributed by atoms with E-state index in [1.165, 1.54) is 26.1 Å². The second-order valence-corrected chi connectivity index (χ2v) is 6.72. The lowest BCUT2D eigenvalue weighted by atomic mass is 9.49. The predicted octanol–water partition coefficient (Wildman–Crippen LogP) is 1.81. The zero-order valence-corrected chi connectivity index (χ0v) is 14.4. The number of hydrogen-bond donors (Lipinski definition) is 0. The van der Waals surface area contributed by atoms with Crippen LogP contribution in [0.5, 0.6) is 5.75 Å². The molecule has 0 spiro atoms. The number of amides is 3. The number of nitrogens with zero attached hydrogens (tertiary/aromatic N) is 2. The lowest BCUT2D eigenvalue weighted by molar-refractivity contribution is -0.235. The molecule has 6 nitrogen and oxygen atoms in total. The fourth-order valence-corrected chi connectivity index (χ4v) is 4.58. The summed E-state index contributed by atoms with van der Waals surface area (Å²) in [5, 5.41) is 0. The van der Waals surface area contributed by atoms with Crippen molar-refractivity contribution in [1.82, 2.24) is 9.80 Å². The Morgan fingerprint density at radius 3 is 2.56 bits per heavy atom. The molecule has 0 N–H and O–H groups in total. The fraction of sp³-hybridized carbons (Fsp3) is 0.444. The second-order valence-electron chi connectivity index (χ2n) is 6.72. The summed E-state index contributed by atoms with van der Waals surface area (Å²) in [7, 11) is 5.75. The summed E-state index contributed by atoms with van der Waals surface area (Å²) in [5.41, 5.74) is -2.08. The van der Waals surface area contributed by atoms with E-state index in [1.807, 2.05) is 18.2 Å². The van der Waals surface area contributed by atoms with Gasteiger partial charge in [-0.3, -0.25) is 9.69 Å². The number of likely N-dealkylation sites (N-methyl/N-ethyl adjacent to an activating group) is 1. The third-order valence-corrected chi connectivity index (χ3v) is 5.85. The molecular formula is C18H19FN2O4. The Morgan fingerprint density at radius 1 is 1.20 bits per heavy atom. The van der Waals surface area contributed by atoms with Crippen molar-refractivity contribution in [1.29, 1.82) is 0 Å². The summed E-state index contributed by atoms with van der Waals surface area (Å²) < 4.78 is 27.0. The molecule has 0 radical (unpaired) electrons. The van der Waals surface area contributed by atoms with Crippen LogP contribution in [0.1, 0.15) is 17.0 Å². The van der Waals surface area contributed by atoms with Crippen LogP contribution in [-0.4, -0.2) is 67.4 Å². The molecular weight excluding hydrogens is 327 g/mol. The molecule has 2 aliphatic carbocycles. The molecule has 0 aromatic heterocycles. The molecule has 1 saturated heterocycles. The van der Waals surface area contributed by atoms with Crippen molar-refractivity contribution in [2.45, 2.75) is 23.2 Å². The number of methoxy groups -OCH3 is 2. The zero-order chi connectivity index (χ0) is 18.1. The van der Waals surface area contributed by atoms with E-state index in [9.17, 15) is 9.59 Å². The minimum atomic E-state index is -2.33. The maximum atomic E-state index is 16.1. The molecule has 1 aliphatic heterocycles. The molecule has 7 heteroatoms. The monoisotopic (exact) mass is 346 g/mol. The van der Waals surface area contributed by atoms with E-state index in [0.29, 0.717) is 5.75 Å². The van der Waals surface area contributed by atoms with Crippen molar-refractivity contribution < 1.29 is 23.5 Å². The highest BCUT2D eigenvalue weighted by Crippen LogP contribution is 2.64. The third-order valence-electron chi connectivity index (χ3n) is 5.85. The van der Waals surface area contributed by atoms with Gasteiger partial charge in [-0.05, 0) is 29.3 Å². The summed E-state index contributed by atoms with van der Waals surface area (Å²) in [4.78, 5) is 27.2. The number of hydrogen-bond acceptors (Lipinski definition) is 4. The van der Waals surface area contributed by atoms with Crippen molar-refractivity contribution in [3.05, 3.63) is 35.4 Å². The van der Waals surface area contributed by atoms with Gasteiger partial charge < -0.3 is 14.4 Å². The molecule has 3 aliphatic rings. The average molecular weight is 346 g/mol. The minimum Gasteiger partial charge on any atom is -0.497 e. The van der Waals surface area contributed by atoms with Crippen LogP contribution in [0.25, 0.3) is 6.08 Å². The number of halogens is 1. The van der Waals surface area contributed by atoms with Crippen LogP contribution < -0.4 is 4.74 Å². The van der Waals surface area contributed by atoms with E-state index in [1.54, 1.807) is 19.3 Å². The average Bonchev–Trinajstić information content (AvgIpc) is 2.63. The number of urea groups is 1. The highest BCUT2D eigenvalue weighted by Gasteiger charge is 2.82. The van der Waals surface area contributed by atoms with Crippen molar-refractivity contribution >= 4 is 18.0 Å². The number of alkyl halides is 1. The third kappa shape index (κ3) is 1.57. The minimum absolute atomic E-state index is 0.496. The van der Waals surface area contributed by atoms with E-state index in [-0.39, 0.29) is 0 Å². The van der Waals surface area contributed by atoms with E-state index >= 15 is 4.39 Å². The smallest absolute Gasteiger partial charge is 0.326 e. The Labute approximate surface area is 144 Å². The highest BCUT2D eigenvalue weighted by molar-refractivity contribution is 6.05. The van der Waals surface area contributed by atoms with E-state index in [4.69, 9.17) is 9.47 Å². The summed E-state index contributed by atoms with van der Waals surface area (Å²) in [6.07, 6.45) is 3.37. The van der Waals surface area contributed by atoms with Gasteiger partial charge in [0, 0.05) is 27.1 Å². The van der Waals surface area contributed by atoms with Gasteiger partial charge >= 0.3 is 6.03 Å². The molecule has 25 heavy (non-hydrogen) atoms. The van der Waals surface area contributed by atoms with Gasteiger partial charge in [-0.2, -0.15) is 0 Å². The first-order valence-corrected chi connectivity index (χ1v) is 7.99. The van der Waals surface area contributed by atoms with Gasteiger partial charge in [-0.1, -0.05) is 12.1 Å². The number of ether oxygens (including phenoxy) is 2. The summed E-state index contributed by atoms with van der Waals surface area (Å²) >= 11 is 0. The van der Waals surface area contributed by atoms with E-state index < -0.39 is 35.2 Å². The van der Waals surface area contributed by atoms with Gasteiger partial charge in [0.15, 0.2) is 0 Å². The van der Waals surface area contributed by atoms with Gasteiger partial charge in [0.25, 0.3) is 5.91 Å². The van der Waals surface area contributed by atoms with Gasteiger partial charge in [0.2, 0.25) is 5.67 Å². The van der Waals surface area contributed by atoms with Gasteiger partial charge in [0.05, 0.1) is 13.2 Å². The highest BCUT2D eigenvalue weighted by atomic mass is 19.1. The largest absolute Gasteiger partial charge is 0.497 e. The lowest BCUT2D eigenvalue weighted by Gasteiger charge is -2.67. The van der Waals surface area contributed by atoms with Crippen LogP contribution in [0.3, 0.4) is 0 Å². The molecule has 1 heterocycles. The van der Waals surface area contributed by atoms with Gasteiger partial charge in [0.1, 0.15) is 11.4 Å². The summed E-state index contributed by atoms with van der Waals surface area (Å²) in [5.74, 6) is -0.734. The second kappa shape index (κ2) is 4.82. The SMILES string of the molecule is COc1ccc2c(c1)[C@@H]1[C@H]3N(C)C(=O)N(C)C(=O)[C@@]3(F)[C@@]1(OC)C=C2. The summed E-state index contributed by atoms with van der Waals surface area (Å²) in [6, 6.07) is 4.06. The topological polar surface area (TPSA) is 59.1 Å². The first-order chi connectivity index (χ1) is 11.8. The summed E-state index contributed by atoms with van der Waals surface area (Å²) in [6.45, 7) is 0. The molecule has 0 unspecified atom stereocenters. The molecule has 4 rings (SSSR count). The molecule has 3 amide bonds. The molecule has 1 aromatic carbocycles. The molecule has 2 fully saturated rings. The maximum absolute atomic E-state index is 16.1. The molecule has 1 aromatic rings. The lowest BCUT2D eigenvalue weighted by Crippen LogP contribution is -2.87. The number of imide groups is 1. The number of fused-ring (bicyclic) bond motifs is 6. The van der Waals surface area contributed by atoms with Crippen LogP contribution in [0.15, 0.2) is 24.3 Å². The number of benzene rings is 1. The molecule has 1 saturated carbocycles. The number of carbonyl (C=O) groups is 2. The van der Waals surface area contributed by atoms with Crippen molar-refractivity contribution in [2.75, 3.05) is 28.3 Å². The van der Waals surface area contributed by atoms with E-state index in [2.05, 4.69) is 0 Å². The molecule has 0 bridgehead atoms. The Hall–Kier alpha value is -2.41. The Balaban J connectivity index is 1.93. The van der Waals surface area contributed by atoms with Crippen LogP contribution in [0.4, 0.5) is 9.18 Å². The van der Waals surface area contributed by atoms with Crippen LogP contribution in [-0.2, 0) is 9.53 Å². The number of rotatable bonds is 2. The van der Waals surface area contributed by atoms with Crippen LogP contribution >= 0.6 is 0 Å². The molecule has 4 atom stereocenters. The number of carbonyl (C=O) groups excluding carboxylic acids is 2. The van der Waals surface area contributed by atoms with Gasteiger partial charge in [-0.25, -0.2) is 9.18 Å². The van der Waals surface area contributed by atoms with Crippen LogP contribution in [0.2, 0.25) is 0 Å². The maximum Gasteiger partial charge on any atom is 0.326 e. The van der Waals surface area contributed by atoms with Crippen molar-refractivity contribution in [2.24, 2.45) is 0 Å². The standard InChI is InChI=1S/C18H19FN2O4/c1-20-14-13-12-9-11(24-3)6-5-10(12)7-8-17(13,25-4)18(14,19)15(22)21(2)16(20)23/h5-9,13-14H,1-4H3/t13-,14-,17-,18-/m1/s1. The zero-order valence-electron chi connectivity index (χ0n) is 14.4. The first kappa shape index (κ1) is 16.1. The quantitative estimate of drug-likeness (QED) is 0.819. The fourth-order valence-electron chi connectivity index (χ4n) is 4.58. The Bertz CT molecular complexity index is 825. The van der Waals surface area contributed by atoms with Crippen molar-refractivity contribution in [3.63, 3.8) is 0 Å². The molecule has 132 valence electrons.